The van der Waals surface area contributed by atoms with E-state index in [4.69, 9.17) is 0 Å². The minimum absolute atomic E-state index is 0. The molecule has 1 aromatic carbocycles. The molecule has 0 aromatic heterocycles. The summed E-state index contributed by atoms with van der Waals surface area (Å²) >= 11 is 0. The Kier molecular flexibility index (Phi) is 10.3. The van der Waals surface area contributed by atoms with E-state index in [-0.39, 0.29) is 9.90 Å². The molecule has 1 unspecified atom stereocenters. The quantitative estimate of drug-likeness (QED) is 0.630. The van der Waals surface area contributed by atoms with Crippen molar-refractivity contribution in [2.45, 2.75) is 79.1 Å². The highest BCUT2D eigenvalue weighted by Gasteiger charge is 2.19. The van der Waals surface area contributed by atoms with Gasteiger partial charge >= 0.3 is 5.97 Å². The van der Waals surface area contributed by atoms with Gasteiger partial charge in [0.1, 0.15) is 0 Å². The van der Waals surface area contributed by atoms with Crippen LogP contribution in [0.2, 0.25) is 0 Å². The summed E-state index contributed by atoms with van der Waals surface area (Å²) in [6.07, 6.45) is 8.18. The Morgan fingerprint density at radius 2 is 1.27 bits per heavy atom. The van der Waals surface area contributed by atoms with Crippen LogP contribution in [0.25, 0.3) is 0 Å². The Morgan fingerprint density at radius 1 is 0.818 bits per heavy atom. The van der Waals surface area contributed by atoms with Crippen molar-refractivity contribution < 1.29 is 9.90 Å². The normalized spacial score (nSPS) is 10.4. The molecule has 0 spiro atoms. The van der Waals surface area contributed by atoms with Crippen molar-refractivity contribution in [2.24, 2.45) is 0 Å². The molecule has 0 saturated carbocycles. The average Bonchev–Trinajstić information content (AvgIpc) is 2.44. The highest BCUT2D eigenvalue weighted by atomic mass is 31.0. The second kappa shape index (κ2) is 10.8. The van der Waals surface area contributed by atoms with E-state index in [2.05, 4.69) is 27.7 Å². The van der Waals surface area contributed by atoms with E-state index < -0.39 is 5.97 Å². The van der Waals surface area contributed by atoms with Crippen molar-refractivity contribution in [2.75, 3.05) is 0 Å². The molecule has 0 fully saturated rings. The molecular weight excluding hydrogens is 291 g/mol. The molecule has 1 rings (SSSR count). The molecule has 1 aromatic rings. The number of carboxylic acid groups (broad SMARTS) is 1. The molecular formula is C19H33O2P. The molecule has 0 aliphatic heterocycles. The van der Waals surface area contributed by atoms with Gasteiger partial charge in [-0.1, -0.05) is 53.4 Å². The molecule has 1 atom stereocenters. The van der Waals surface area contributed by atoms with E-state index >= 15 is 0 Å². The monoisotopic (exact) mass is 324 g/mol. The standard InChI is InChI=1S/C19H30O2.H3P/c1-5-9-14-13-18(19(20)21)17(12-8-4)16(11-7-3)15(14)10-6-2;/h13H,5-12H2,1-4H3,(H,20,21);1H3. The van der Waals surface area contributed by atoms with Gasteiger partial charge in [-0.3, -0.25) is 0 Å². The smallest absolute Gasteiger partial charge is 0.335 e. The zero-order valence-electron chi connectivity index (χ0n) is 14.8. The van der Waals surface area contributed by atoms with Crippen LogP contribution in [-0.2, 0) is 25.7 Å². The van der Waals surface area contributed by atoms with Crippen LogP contribution < -0.4 is 0 Å². The number of aryl methyl sites for hydroxylation is 1. The van der Waals surface area contributed by atoms with Crippen LogP contribution in [0.15, 0.2) is 6.07 Å². The number of hydrogen-bond acceptors (Lipinski definition) is 1. The van der Waals surface area contributed by atoms with Crippen LogP contribution in [0.3, 0.4) is 0 Å². The second-order valence-corrected chi connectivity index (χ2v) is 5.82. The third kappa shape index (κ3) is 5.09. The van der Waals surface area contributed by atoms with Crippen molar-refractivity contribution in [3.05, 3.63) is 33.9 Å². The summed E-state index contributed by atoms with van der Waals surface area (Å²) in [7, 11) is 0. The molecule has 0 bridgehead atoms. The van der Waals surface area contributed by atoms with Gasteiger partial charge in [-0.05, 0) is 54.0 Å². The molecule has 0 heterocycles. The van der Waals surface area contributed by atoms with Gasteiger partial charge in [0, 0.05) is 0 Å². The summed E-state index contributed by atoms with van der Waals surface area (Å²) in [5.74, 6) is -0.767. The first-order chi connectivity index (χ1) is 10.1. The lowest BCUT2D eigenvalue weighted by molar-refractivity contribution is 0.0695. The van der Waals surface area contributed by atoms with E-state index in [1.807, 2.05) is 6.07 Å². The Labute approximate surface area is 139 Å². The van der Waals surface area contributed by atoms with Crippen LogP contribution in [-0.4, -0.2) is 11.1 Å². The predicted octanol–water partition coefficient (Wildman–Crippen LogP) is 5.25. The van der Waals surface area contributed by atoms with Gasteiger partial charge in [0.15, 0.2) is 0 Å². The minimum atomic E-state index is -0.767. The van der Waals surface area contributed by atoms with Crippen molar-refractivity contribution in [1.82, 2.24) is 0 Å². The summed E-state index contributed by atoms with van der Waals surface area (Å²) in [6, 6.07) is 1.96. The van der Waals surface area contributed by atoms with Gasteiger partial charge in [0.25, 0.3) is 0 Å². The second-order valence-electron chi connectivity index (χ2n) is 5.82. The number of hydrogen-bond donors (Lipinski definition) is 1. The molecule has 0 aliphatic carbocycles. The Morgan fingerprint density at radius 3 is 1.73 bits per heavy atom. The van der Waals surface area contributed by atoms with Crippen LogP contribution >= 0.6 is 9.90 Å². The summed E-state index contributed by atoms with van der Waals surface area (Å²) in [5.41, 5.74) is 5.68. The fourth-order valence-corrected chi connectivity index (χ4v) is 3.22. The molecule has 0 aliphatic rings. The lowest BCUT2D eigenvalue weighted by atomic mass is 9.84. The lowest BCUT2D eigenvalue weighted by Crippen LogP contribution is -2.12. The maximum atomic E-state index is 11.7. The topological polar surface area (TPSA) is 37.3 Å². The molecule has 126 valence electrons. The minimum Gasteiger partial charge on any atom is -0.478 e. The third-order valence-electron chi connectivity index (χ3n) is 4.01. The largest absolute Gasteiger partial charge is 0.478 e. The fourth-order valence-electron chi connectivity index (χ4n) is 3.22. The van der Waals surface area contributed by atoms with E-state index in [0.29, 0.717) is 5.56 Å². The summed E-state index contributed by atoms with van der Waals surface area (Å²) < 4.78 is 0. The van der Waals surface area contributed by atoms with Crippen LogP contribution in [0.1, 0.15) is 86.0 Å². The van der Waals surface area contributed by atoms with Gasteiger partial charge in [-0.15, -0.1) is 0 Å². The van der Waals surface area contributed by atoms with Crippen LogP contribution in [0, 0.1) is 0 Å². The van der Waals surface area contributed by atoms with Crippen molar-refractivity contribution in [3.8, 4) is 0 Å². The maximum Gasteiger partial charge on any atom is 0.335 e. The van der Waals surface area contributed by atoms with Crippen molar-refractivity contribution in [1.29, 1.82) is 0 Å². The molecule has 1 N–H and O–H groups in total. The molecule has 2 nitrogen and oxygen atoms in total. The number of carbonyl (C=O) groups is 1. The Bertz CT molecular complexity index is 481. The highest BCUT2D eigenvalue weighted by Crippen LogP contribution is 2.28. The SMILES string of the molecule is CCCc1cc(C(=O)O)c(CCC)c(CCC)c1CCC.P. The van der Waals surface area contributed by atoms with E-state index in [1.54, 1.807) is 0 Å². The number of benzene rings is 1. The van der Waals surface area contributed by atoms with E-state index in [1.165, 1.54) is 16.7 Å². The van der Waals surface area contributed by atoms with E-state index in [0.717, 1.165) is 56.9 Å². The van der Waals surface area contributed by atoms with Crippen molar-refractivity contribution in [3.63, 3.8) is 0 Å². The van der Waals surface area contributed by atoms with Gasteiger partial charge in [0.2, 0.25) is 0 Å². The average molecular weight is 324 g/mol. The zero-order valence-corrected chi connectivity index (χ0v) is 16.2. The Hall–Kier alpha value is -0.880. The Balaban J connectivity index is 0.00000441. The van der Waals surface area contributed by atoms with Crippen molar-refractivity contribution >= 4 is 15.9 Å². The van der Waals surface area contributed by atoms with Gasteiger partial charge < -0.3 is 5.11 Å². The first-order valence-electron chi connectivity index (χ1n) is 8.50. The summed E-state index contributed by atoms with van der Waals surface area (Å²) in [4.78, 5) is 11.7. The van der Waals surface area contributed by atoms with Gasteiger partial charge in [-0.2, -0.15) is 9.90 Å². The van der Waals surface area contributed by atoms with Crippen LogP contribution in [0.4, 0.5) is 0 Å². The zero-order chi connectivity index (χ0) is 15.8. The van der Waals surface area contributed by atoms with Gasteiger partial charge in [-0.25, -0.2) is 4.79 Å². The number of aromatic carboxylic acids is 1. The molecule has 0 amide bonds. The summed E-state index contributed by atoms with van der Waals surface area (Å²) in [5, 5.41) is 9.60. The van der Waals surface area contributed by atoms with E-state index in [9.17, 15) is 9.90 Å². The number of carboxylic acids is 1. The fraction of sp³-hybridized carbons (Fsp3) is 0.632. The molecule has 22 heavy (non-hydrogen) atoms. The first kappa shape index (κ1) is 21.1. The number of rotatable bonds is 9. The molecule has 0 saturated heterocycles. The van der Waals surface area contributed by atoms with Crippen LogP contribution in [0.5, 0.6) is 0 Å². The van der Waals surface area contributed by atoms with Gasteiger partial charge in [0.05, 0.1) is 5.56 Å². The molecule has 3 heteroatoms. The highest BCUT2D eigenvalue weighted by molar-refractivity contribution is 6.92. The lowest BCUT2D eigenvalue weighted by Gasteiger charge is -2.21. The summed E-state index contributed by atoms with van der Waals surface area (Å²) in [6.45, 7) is 8.67. The first-order valence-corrected chi connectivity index (χ1v) is 8.50. The molecule has 0 radical (unpaired) electrons. The third-order valence-corrected chi connectivity index (χ3v) is 4.01. The maximum absolute atomic E-state index is 11.7. The predicted molar refractivity (Wildman–Crippen MR) is 100 cm³/mol.